The molecule has 1 saturated carbocycles. The minimum absolute atomic E-state index is 0.498. The van der Waals surface area contributed by atoms with Crippen LogP contribution in [0.25, 0.3) is 0 Å². The fourth-order valence-electron chi connectivity index (χ4n) is 2.55. The molecule has 1 fully saturated rings. The van der Waals surface area contributed by atoms with Crippen LogP contribution in [0, 0.1) is 17.2 Å². The van der Waals surface area contributed by atoms with Gasteiger partial charge in [-0.1, -0.05) is 12.8 Å². The van der Waals surface area contributed by atoms with Crippen LogP contribution >= 0.6 is 0 Å². The molecule has 1 atom stereocenters. The van der Waals surface area contributed by atoms with Crippen LogP contribution in [0.3, 0.4) is 0 Å². The Hall–Kier alpha value is -1.40. The third-order valence-corrected chi connectivity index (χ3v) is 3.67. The monoisotopic (exact) mass is 229 g/mol. The maximum atomic E-state index is 8.78. The fraction of sp³-hybridized carbons (Fsp3) is 0.571. The quantitative estimate of drug-likeness (QED) is 0.863. The Morgan fingerprint density at radius 1 is 1.53 bits per heavy atom. The van der Waals surface area contributed by atoms with Gasteiger partial charge in [-0.25, -0.2) is 4.98 Å². The van der Waals surface area contributed by atoms with Crippen LogP contribution in [0.15, 0.2) is 18.3 Å². The molecular formula is C14H19N3. The summed E-state index contributed by atoms with van der Waals surface area (Å²) in [5.74, 6) is 0.826. The highest BCUT2D eigenvalue weighted by Crippen LogP contribution is 2.27. The van der Waals surface area contributed by atoms with E-state index in [2.05, 4.69) is 23.3 Å². The smallest absolute Gasteiger partial charge is 0.140 e. The van der Waals surface area contributed by atoms with Gasteiger partial charge in [0.05, 0.1) is 0 Å². The third kappa shape index (κ3) is 3.28. The first kappa shape index (κ1) is 12.1. The zero-order valence-electron chi connectivity index (χ0n) is 10.3. The van der Waals surface area contributed by atoms with E-state index < -0.39 is 0 Å². The van der Waals surface area contributed by atoms with Gasteiger partial charge in [-0.3, -0.25) is 0 Å². The molecule has 1 aliphatic carbocycles. The van der Waals surface area contributed by atoms with E-state index >= 15 is 0 Å². The number of nitriles is 1. The fourth-order valence-corrected chi connectivity index (χ4v) is 2.55. The van der Waals surface area contributed by atoms with Crippen LogP contribution in [0.4, 0.5) is 0 Å². The lowest BCUT2D eigenvalue weighted by Crippen LogP contribution is -2.31. The highest BCUT2D eigenvalue weighted by Gasteiger charge is 2.20. The van der Waals surface area contributed by atoms with Crippen molar-refractivity contribution in [2.45, 2.75) is 45.2 Å². The van der Waals surface area contributed by atoms with Crippen LogP contribution in [0.5, 0.6) is 0 Å². The van der Waals surface area contributed by atoms with E-state index in [1.54, 1.807) is 6.20 Å². The molecule has 2 rings (SSSR count). The number of pyridine rings is 1. The molecule has 0 saturated heterocycles. The van der Waals surface area contributed by atoms with Crippen molar-refractivity contribution in [1.29, 1.82) is 5.26 Å². The molecule has 1 aliphatic rings. The lowest BCUT2D eigenvalue weighted by molar-refractivity contribution is 0.380. The predicted molar refractivity (Wildman–Crippen MR) is 67.2 cm³/mol. The highest BCUT2D eigenvalue weighted by atomic mass is 14.9. The van der Waals surface area contributed by atoms with E-state index in [0.717, 1.165) is 18.0 Å². The van der Waals surface area contributed by atoms with Crippen LogP contribution in [0.2, 0.25) is 0 Å². The van der Waals surface area contributed by atoms with Gasteiger partial charge in [0, 0.05) is 18.8 Å². The third-order valence-electron chi connectivity index (χ3n) is 3.67. The topological polar surface area (TPSA) is 48.7 Å². The lowest BCUT2D eigenvalue weighted by atomic mass is 9.99. The van der Waals surface area contributed by atoms with Gasteiger partial charge in [-0.2, -0.15) is 5.26 Å². The van der Waals surface area contributed by atoms with Crippen molar-refractivity contribution in [2.75, 3.05) is 0 Å². The first-order chi connectivity index (χ1) is 8.29. The summed E-state index contributed by atoms with van der Waals surface area (Å²) in [6.07, 6.45) is 7.17. The van der Waals surface area contributed by atoms with E-state index in [1.807, 2.05) is 12.1 Å². The molecule has 0 bridgehead atoms. The molecule has 0 aromatic carbocycles. The molecule has 1 unspecified atom stereocenters. The Kier molecular flexibility index (Phi) is 4.11. The number of hydrogen-bond donors (Lipinski definition) is 1. The summed E-state index contributed by atoms with van der Waals surface area (Å²) < 4.78 is 0. The summed E-state index contributed by atoms with van der Waals surface area (Å²) >= 11 is 0. The molecular weight excluding hydrogens is 210 g/mol. The van der Waals surface area contributed by atoms with Crippen LogP contribution < -0.4 is 5.32 Å². The predicted octanol–water partition coefficient (Wildman–Crippen LogP) is 2.62. The van der Waals surface area contributed by atoms with E-state index in [0.29, 0.717) is 11.7 Å². The number of aromatic nitrogens is 1. The number of nitrogens with one attached hydrogen (secondary N) is 1. The van der Waals surface area contributed by atoms with Gasteiger partial charge >= 0.3 is 0 Å². The minimum atomic E-state index is 0.498. The molecule has 1 heterocycles. The second-order valence-electron chi connectivity index (χ2n) is 4.88. The largest absolute Gasteiger partial charge is 0.310 e. The summed E-state index contributed by atoms with van der Waals surface area (Å²) in [6.45, 7) is 3.09. The summed E-state index contributed by atoms with van der Waals surface area (Å²) in [6, 6.07) is 6.46. The van der Waals surface area contributed by atoms with Crippen molar-refractivity contribution >= 4 is 0 Å². The van der Waals surface area contributed by atoms with E-state index in [1.165, 1.54) is 25.7 Å². The van der Waals surface area contributed by atoms with Crippen LogP contribution in [-0.2, 0) is 6.54 Å². The molecule has 1 aromatic rings. The maximum absolute atomic E-state index is 8.78. The first-order valence-corrected chi connectivity index (χ1v) is 6.38. The zero-order valence-corrected chi connectivity index (χ0v) is 10.3. The average Bonchev–Trinajstić information content (AvgIpc) is 2.90. The van der Waals surface area contributed by atoms with Gasteiger partial charge in [0.15, 0.2) is 0 Å². The van der Waals surface area contributed by atoms with Crippen molar-refractivity contribution < 1.29 is 0 Å². The first-order valence-electron chi connectivity index (χ1n) is 6.38. The van der Waals surface area contributed by atoms with Crippen molar-refractivity contribution in [3.05, 3.63) is 29.6 Å². The summed E-state index contributed by atoms with van der Waals surface area (Å²) in [5, 5.41) is 12.3. The van der Waals surface area contributed by atoms with Gasteiger partial charge in [0.2, 0.25) is 0 Å². The number of hydrogen-bond acceptors (Lipinski definition) is 3. The lowest BCUT2D eigenvalue weighted by Gasteiger charge is -2.20. The molecule has 3 nitrogen and oxygen atoms in total. The molecule has 0 spiro atoms. The van der Waals surface area contributed by atoms with Gasteiger partial charge in [-0.15, -0.1) is 0 Å². The van der Waals surface area contributed by atoms with Crippen molar-refractivity contribution in [2.24, 2.45) is 5.92 Å². The molecule has 90 valence electrons. The minimum Gasteiger partial charge on any atom is -0.310 e. The SMILES string of the molecule is CC(NCc1ccnc(C#N)c1)C1CCCC1. The molecule has 0 amide bonds. The molecule has 0 aliphatic heterocycles. The van der Waals surface area contributed by atoms with Gasteiger partial charge in [-0.05, 0) is 43.4 Å². The molecule has 3 heteroatoms. The van der Waals surface area contributed by atoms with Crippen molar-refractivity contribution in [1.82, 2.24) is 10.3 Å². The van der Waals surface area contributed by atoms with E-state index in [4.69, 9.17) is 5.26 Å². The number of nitrogens with zero attached hydrogens (tertiary/aromatic N) is 2. The number of rotatable bonds is 4. The summed E-state index contributed by atoms with van der Waals surface area (Å²) in [5.41, 5.74) is 1.64. The zero-order chi connectivity index (χ0) is 12.1. The summed E-state index contributed by atoms with van der Waals surface area (Å²) in [4.78, 5) is 3.97. The van der Waals surface area contributed by atoms with E-state index in [-0.39, 0.29) is 0 Å². The van der Waals surface area contributed by atoms with Gasteiger partial charge in [0.1, 0.15) is 11.8 Å². The molecule has 0 radical (unpaired) electrons. The van der Waals surface area contributed by atoms with Crippen molar-refractivity contribution in [3.8, 4) is 6.07 Å². The summed E-state index contributed by atoms with van der Waals surface area (Å²) in [7, 11) is 0. The van der Waals surface area contributed by atoms with Gasteiger partial charge in [0.25, 0.3) is 0 Å². The van der Waals surface area contributed by atoms with Crippen LogP contribution in [0.1, 0.15) is 43.9 Å². The van der Waals surface area contributed by atoms with Crippen molar-refractivity contribution in [3.63, 3.8) is 0 Å². The average molecular weight is 229 g/mol. The second kappa shape index (κ2) is 5.79. The Bertz CT molecular complexity index is 402. The maximum Gasteiger partial charge on any atom is 0.140 e. The Balaban J connectivity index is 1.86. The van der Waals surface area contributed by atoms with Crippen LogP contribution in [-0.4, -0.2) is 11.0 Å². The molecule has 1 N–H and O–H groups in total. The Morgan fingerprint density at radius 3 is 3.00 bits per heavy atom. The molecule has 1 aromatic heterocycles. The standard InChI is InChI=1S/C14H19N3/c1-11(13-4-2-3-5-13)17-10-12-6-7-16-14(8-12)9-15/h6-8,11,13,17H,2-5,10H2,1H3. The molecule has 17 heavy (non-hydrogen) atoms. The Labute approximate surface area is 103 Å². The highest BCUT2D eigenvalue weighted by molar-refractivity contribution is 5.25. The Morgan fingerprint density at radius 2 is 2.29 bits per heavy atom. The van der Waals surface area contributed by atoms with Gasteiger partial charge < -0.3 is 5.32 Å². The second-order valence-corrected chi connectivity index (χ2v) is 4.88. The normalized spacial score (nSPS) is 17.9. The van der Waals surface area contributed by atoms with E-state index in [9.17, 15) is 0 Å².